The van der Waals surface area contributed by atoms with E-state index in [2.05, 4.69) is 0 Å². The summed E-state index contributed by atoms with van der Waals surface area (Å²) in [4.78, 5) is 0. The number of rotatable bonds is 2. The molecule has 2 aromatic rings. The molecule has 2 nitrogen and oxygen atoms in total. The van der Waals surface area contributed by atoms with Crippen LogP contribution >= 0.6 is 0 Å². The Kier molecular flexibility index (Phi) is 2.53. The smallest absolute Gasteiger partial charge is 0.134 e. The molecule has 80 valence electrons. The standard InChI is InChI=1S/C13H16O2/c1-13(2,3)14-9-11-8-10-6-4-5-7-12(10)15-11/h4-8H,9H2,1-3H3. The summed E-state index contributed by atoms with van der Waals surface area (Å²) in [5.41, 5.74) is 0.795. The molecule has 0 N–H and O–H groups in total. The SMILES string of the molecule is CC(C)(C)OCc1cc2ccccc2o1. The van der Waals surface area contributed by atoms with Gasteiger partial charge in [0, 0.05) is 5.39 Å². The van der Waals surface area contributed by atoms with E-state index in [1.807, 2.05) is 51.1 Å². The Hall–Kier alpha value is -1.28. The molecule has 0 unspecified atom stereocenters. The molecule has 15 heavy (non-hydrogen) atoms. The van der Waals surface area contributed by atoms with Crippen LogP contribution in [0, 0.1) is 0 Å². The van der Waals surface area contributed by atoms with Gasteiger partial charge in [0.25, 0.3) is 0 Å². The molecular weight excluding hydrogens is 188 g/mol. The highest BCUT2D eigenvalue weighted by Gasteiger charge is 2.11. The van der Waals surface area contributed by atoms with E-state index in [1.54, 1.807) is 0 Å². The minimum Gasteiger partial charge on any atom is -0.459 e. The van der Waals surface area contributed by atoms with E-state index in [1.165, 1.54) is 0 Å². The van der Waals surface area contributed by atoms with Crippen molar-refractivity contribution in [2.45, 2.75) is 33.0 Å². The number of ether oxygens (including phenoxy) is 1. The Morgan fingerprint density at radius 3 is 2.60 bits per heavy atom. The van der Waals surface area contributed by atoms with Crippen LogP contribution < -0.4 is 0 Å². The summed E-state index contributed by atoms with van der Waals surface area (Å²) in [6.07, 6.45) is 0. The Bertz CT molecular complexity index is 416. The minimum atomic E-state index is -0.126. The van der Waals surface area contributed by atoms with Crippen molar-refractivity contribution in [2.24, 2.45) is 0 Å². The zero-order chi connectivity index (χ0) is 10.9. The monoisotopic (exact) mass is 204 g/mol. The average molecular weight is 204 g/mol. The number of benzene rings is 1. The third-order valence-electron chi connectivity index (χ3n) is 2.12. The number of fused-ring (bicyclic) bond motifs is 1. The lowest BCUT2D eigenvalue weighted by atomic mass is 10.2. The van der Waals surface area contributed by atoms with Gasteiger partial charge >= 0.3 is 0 Å². The van der Waals surface area contributed by atoms with Crippen LogP contribution in [-0.4, -0.2) is 5.60 Å². The van der Waals surface area contributed by atoms with Gasteiger partial charge in [-0.3, -0.25) is 0 Å². The topological polar surface area (TPSA) is 22.4 Å². The van der Waals surface area contributed by atoms with Gasteiger partial charge in [0.15, 0.2) is 0 Å². The molecule has 0 amide bonds. The lowest BCUT2D eigenvalue weighted by Crippen LogP contribution is -2.18. The van der Waals surface area contributed by atoms with E-state index in [0.29, 0.717) is 6.61 Å². The summed E-state index contributed by atoms with van der Waals surface area (Å²) in [6, 6.07) is 10.0. The van der Waals surface area contributed by atoms with Gasteiger partial charge in [-0.2, -0.15) is 0 Å². The van der Waals surface area contributed by atoms with Crippen molar-refractivity contribution in [3.05, 3.63) is 36.1 Å². The molecule has 0 saturated heterocycles. The van der Waals surface area contributed by atoms with Crippen molar-refractivity contribution in [3.8, 4) is 0 Å². The van der Waals surface area contributed by atoms with E-state index in [4.69, 9.17) is 9.15 Å². The Labute approximate surface area is 89.8 Å². The summed E-state index contributed by atoms with van der Waals surface area (Å²) >= 11 is 0. The fourth-order valence-electron chi connectivity index (χ4n) is 1.40. The molecular formula is C13H16O2. The summed E-state index contributed by atoms with van der Waals surface area (Å²) in [5.74, 6) is 0.881. The van der Waals surface area contributed by atoms with Crippen LogP contribution in [0.2, 0.25) is 0 Å². The number of hydrogen-bond acceptors (Lipinski definition) is 2. The molecule has 1 aromatic carbocycles. The van der Waals surface area contributed by atoms with Gasteiger partial charge in [-0.15, -0.1) is 0 Å². The predicted molar refractivity (Wildman–Crippen MR) is 60.8 cm³/mol. The van der Waals surface area contributed by atoms with E-state index in [-0.39, 0.29) is 5.60 Å². The van der Waals surface area contributed by atoms with Crippen molar-refractivity contribution in [2.75, 3.05) is 0 Å². The highest BCUT2D eigenvalue weighted by Crippen LogP contribution is 2.20. The van der Waals surface area contributed by atoms with Crippen molar-refractivity contribution in [3.63, 3.8) is 0 Å². The Morgan fingerprint density at radius 1 is 1.20 bits per heavy atom. The largest absolute Gasteiger partial charge is 0.459 e. The van der Waals surface area contributed by atoms with E-state index >= 15 is 0 Å². The van der Waals surface area contributed by atoms with Crippen molar-refractivity contribution in [1.82, 2.24) is 0 Å². The lowest BCUT2D eigenvalue weighted by Gasteiger charge is -2.18. The maximum atomic E-state index is 5.65. The maximum absolute atomic E-state index is 5.65. The molecule has 1 heterocycles. The quantitative estimate of drug-likeness (QED) is 0.743. The molecule has 0 aliphatic carbocycles. The van der Waals surface area contributed by atoms with Crippen LogP contribution in [0.5, 0.6) is 0 Å². The van der Waals surface area contributed by atoms with Crippen LogP contribution in [0.4, 0.5) is 0 Å². The van der Waals surface area contributed by atoms with Gasteiger partial charge in [-0.25, -0.2) is 0 Å². The summed E-state index contributed by atoms with van der Waals surface area (Å²) in [7, 11) is 0. The van der Waals surface area contributed by atoms with Crippen LogP contribution in [0.15, 0.2) is 34.7 Å². The first kappa shape index (κ1) is 10.2. The fraction of sp³-hybridized carbons (Fsp3) is 0.385. The molecule has 0 bridgehead atoms. The van der Waals surface area contributed by atoms with Gasteiger partial charge in [0.2, 0.25) is 0 Å². The molecule has 2 rings (SSSR count). The number of para-hydroxylation sites is 1. The van der Waals surface area contributed by atoms with Gasteiger partial charge < -0.3 is 9.15 Å². The summed E-state index contributed by atoms with van der Waals surface area (Å²) in [6.45, 7) is 6.64. The third kappa shape index (κ3) is 2.60. The van der Waals surface area contributed by atoms with Gasteiger partial charge in [0.1, 0.15) is 18.0 Å². The van der Waals surface area contributed by atoms with E-state index < -0.39 is 0 Å². The van der Waals surface area contributed by atoms with Crippen LogP contribution in [0.25, 0.3) is 11.0 Å². The first-order chi connectivity index (χ1) is 7.04. The normalized spacial score (nSPS) is 12.2. The number of furan rings is 1. The Morgan fingerprint density at radius 2 is 1.93 bits per heavy atom. The lowest BCUT2D eigenvalue weighted by molar-refractivity contribution is -0.0219. The van der Waals surface area contributed by atoms with Crippen molar-refractivity contribution >= 4 is 11.0 Å². The van der Waals surface area contributed by atoms with Crippen molar-refractivity contribution in [1.29, 1.82) is 0 Å². The van der Waals surface area contributed by atoms with Crippen LogP contribution in [0.1, 0.15) is 26.5 Å². The van der Waals surface area contributed by atoms with Gasteiger partial charge in [-0.1, -0.05) is 18.2 Å². The third-order valence-corrected chi connectivity index (χ3v) is 2.12. The predicted octanol–water partition coefficient (Wildman–Crippen LogP) is 3.75. The zero-order valence-corrected chi connectivity index (χ0v) is 9.41. The van der Waals surface area contributed by atoms with Crippen LogP contribution in [0.3, 0.4) is 0 Å². The van der Waals surface area contributed by atoms with Crippen LogP contribution in [-0.2, 0) is 11.3 Å². The first-order valence-corrected chi connectivity index (χ1v) is 5.16. The summed E-state index contributed by atoms with van der Waals surface area (Å²) < 4.78 is 11.3. The molecule has 0 radical (unpaired) electrons. The summed E-state index contributed by atoms with van der Waals surface area (Å²) in [5, 5.41) is 1.13. The molecule has 0 atom stereocenters. The zero-order valence-electron chi connectivity index (χ0n) is 9.41. The molecule has 0 saturated carbocycles. The fourth-order valence-corrected chi connectivity index (χ4v) is 1.40. The maximum Gasteiger partial charge on any atom is 0.134 e. The highest BCUT2D eigenvalue weighted by atomic mass is 16.5. The molecule has 0 aliphatic heterocycles. The molecule has 1 aromatic heterocycles. The molecule has 0 aliphatic rings. The molecule has 0 spiro atoms. The number of hydrogen-bond donors (Lipinski definition) is 0. The van der Waals surface area contributed by atoms with Gasteiger partial charge in [-0.05, 0) is 32.9 Å². The average Bonchev–Trinajstić information content (AvgIpc) is 2.56. The van der Waals surface area contributed by atoms with Gasteiger partial charge in [0.05, 0.1) is 5.60 Å². The second kappa shape index (κ2) is 3.70. The van der Waals surface area contributed by atoms with E-state index in [0.717, 1.165) is 16.7 Å². The first-order valence-electron chi connectivity index (χ1n) is 5.16. The van der Waals surface area contributed by atoms with Crippen molar-refractivity contribution < 1.29 is 9.15 Å². The Balaban J connectivity index is 2.16. The highest BCUT2D eigenvalue weighted by molar-refractivity contribution is 5.77. The molecule has 0 fully saturated rings. The second-order valence-corrected chi connectivity index (χ2v) is 4.65. The molecule has 2 heteroatoms. The minimum absolute atomic E-state index is 0.126. The van der Waals surface area contributed by atoms with E-state index in [9.17, 15) is 0 Å². The second-order valence-electron chi connectivity index (χ2n) is 4.65.